The second kappa shape index (κ2) is 5.13. The van der Waals surface area contributed by atoms with Gasteiger partial charge >= 0.3 is 0 Å². The van der Waals surface area contributed by atoms with Crippen molar-refractivity contribution in [1.82, 2.24) is 9.78 Å². The van der Waals surface area contributed by atoms with Crippen molar-refractivity contribution in [3.05, 3.63) is 69.7 Å². The zero-order valence-electron chi connectivity index (χ0n) is 11.7. The first-order valence-corrected chi connectivity index (χ1v) is 8.11. The predicted octanol–water partition coefficient (Wildman–Crippen LogP) is 3.47. The molecule has 3 nitrogen and oxygen atoms in total. The van der Waals surface area contributed by atoms with Crippen LogP contribution >= 0.6 is 11.3 Å². The Balaban J connectivity index is 1.72. The number of nitrogens with zero attached hydrogens (tertiary/aromatic N) is 2. The van der Waals surface area contributed by atoms with Gasteiger partial charge in [0.25, 0.3) is 0 Å². The lowest BCUT2D eigenvalue weighted by Gasteiger charge is -2.13. The average Bonchev–Trinajstić information content (AvgIpc) is 3.22. The van der Waals surface area contributed by atoms with Gasteiger partial charge in [0.15, 0.2) is 0 Å². The first-order chi connectivity index (χ1) is 10.3. The van der Waals surface area contributed by atoms with E-state index < -0.39 is 0 Å². The Bertz CT molecular complexity index is 736. The minimum atomic E-state index is -0.108. The molecular formula is C17H17N3S. The Morgan fingerprint density at radius 3 is 2.81 bits per heavy atom. The number of benzene rings is 1. The molecule has 0 saturated heterocycles. The summed E-state index contributed by atoms with van der Waals surface area (Å²) in [5, 5.41) is 4.44. The number of para-hydroxylation sites is 1. The molecule has 1 atom stereocenters. The van der Waals surface area contributed by atoms with Gasteiger partial charge in [0.05, 0.1) is 17.4 Å². The van der Waals surface area contributed by atoms with Gasteiger partial charge in [-0.25, -0.2) is 4.68 Å². The summed E-state index contributed by atoms with van der Waals surface area (Å²) in [7, 11) is 0. The Labute approximate surface area is 128 Å². The highest BCUT2D eigenvalue weighted by atomic mass is 32.1. The van der Waals surface area contributed by atoms with E-state index >= 15 is 0 Å². The van der Waals surface area contributed by atoms with Crippen LogP contribution in [-0.4, -0.2) is 9.78 Å². The fourth-order valence-electron chi connectivity index (χ4n) is 2.99. The first kappa shape index (κ1) is 12.8. The zero-order valence-corrected chi connectivity index (χ0v) is 12.5. The summed E-state index contributed by atoms with van der Waals surface area (Å²) in [5.41, 5.74) is 10.1. The Morgan fingerprint density at radius 2 is 2.00 bits per heavy atom. The van der Waals surface area contributed by atoms with Crippen LogP contribution in [0.2, 0.25) is 0 Å². The fourth-order valence-corrected chi connectivity index (χ4v) is 4.26. The molecule has 1 unspecified atom stereocenters. The van der Waals surface area contributed by atoms with E-state index in [1.165, 1.54) is 34.6 Å². The highest BCUT2D eigenvalue weighted by Gasteiger charge is 2.21. The second-order valence-corrected chi connectivity index (χ2v) is 6.60. The van der Waals surface area contributed by atoms with Crippen molar-refractivity contribution in [1.29, 1.82) is 0 Å². The molecule has 2 aromatic heterocycles. The molecule has 0 spiro atoms. The molecule has 0 fully saturated rings. The fraction of sp³-hybridized carbons (Fsp3) is 0.235. The number of hydrogen-bond acceptors (Lipinski definition) is 3. The standard InChI is InChI=1S/C17H17N3S/c18-17(16-11-12-5-4-8-15(12)21-16)14-9-10-19-20(14)13-6-2-1-3-7-13/h1-3,6-7,9-11,17H,4-5,8,18H2. The maximum absolute atomic E-state index is 6.51. The molecule has 0 amide bonds. The van der Waals surface area contributed by atoms with Gasteiger partial charge in [0.1, 0.15) is 0 Å². The van der Waals surface area contributed by atoms with E-state index in [0.29, 0.717) is 0 Å². The Hall–Kier alpha value is -1.91. The largest absolute Gasteiger partial charge is 0.318 e. The Morgan fingerprint density at radius 1 is 1.14 bits per heavy atom. The number of aromatic nitrogens is 2. The van der Waals surface area contributed by atoms with Gasteiger partial charge in [-0.15, -0.1) is 11.3 Å². The molecule has 106 valence electrons. The number of aryl methyl sites for hydroxylation is 2. The minimum Gasteiger partial charge on any atom is -0.318 e. The highest BCUT2D eigenvalue weighted by Crippen LogP contribution is 2.35. The van der Waals surface area contributed by atoms with Crippen LogP contribution in [0.5, 0.6) is 0 Å². The molecule has 2 N–H and O–H groups in total. The van der Waals surface area contributed by atoms with Crippen molar-refractivity contribution in [3.63, 3.8) is 0 Å². The van der Waals surface area contributed by atoms with Gasteiger partial charge in [0, 0.05) is 16.0 Å². The highest BCUT2D eigenvalue weighted by molar-refractivity contribution is 7.12. The van der Waals surface area contributed by atoms with Gasteiger partial charge in [-0.1, -0.05) is 18.2 Å². The lowest BCUT2D eigenvalue weighted by atomic mass is 10.1. The third-order valence-corrected chi connectivity index (χ3v) is 5.38. The van der Waals surface area contributed by atoms with Crippen LogP contribution in [0.15, 0.2) is 48.7 Å². The molecule has 4 heteroatoms. The second-order valence-electron chi connectivity index (χ2n) is 5.43. The van der Waals surface area contributed by atoms with Crippen LogP contribution in [0, 0.1) is 0 Å². The Kier molecular flexibility index (Phi) is 3.13. The third-order valence-electron chi connectivity index (χ3n) is 4.06. The van der Waals surface area contributed by atoms with E-state index in [9.17, 15) is 0 Å². The van der Waals surface area contributed by atoms with E-state index in [1.54, 1.807) is 0 Å². The van der Waals surface area contributed by atoms with Gasteiger partial charge < -0.3 is 5.73 Å². The maximum atomic E-state index is 6.51. The van der Waals surface area contributed by atoms with Crippen molar-refractivity contribution in [3.8, 4) is 5.69 Å². The quantitative estimate of drug-likeness (QED) is 0.804. The lowest BCUT2D eigenvalue weighted by Crippen LogP contribution is -2.15. The molecule has 1 aromatic carbocycles. The first-order valence-electron chi connectivity index (χ1n) is 7.29. The monoisotopic (exact) mass is 295 g/mol. The van der Waals surface area contributed by atoms with Crippen molar-refractivity contribution in [2.24, 2.45) is 5.73 Å². The van der Waals surface area contributed by atoms with E-state index in [-0.39, 0.29) is 6.04 Å². The molecule has 2 heterocycles. The molecule has 0 radical (unpaired) electrons. The topological polar surface area (TPSA) is 43.8 Å². The molecule has 3 aromatic rings. The number of rotatable bonds is 3. The van der Waals surface area contributed by atoms with E-state index in [2.05, 4.69) is 23.3 Å². The summed E-state index contributed by atoms with van der Waals surface area (Å²) in [5.74, 6) is 0. The number of nitrogens with two attached hydrogens (primary N) is 1. The van der Waals surface area contributed by atoms with Crippen molar-refractivity contribution in [2.75, 3.05) is 0 Å². The van der Waals surface area contributed by atoms with Crippen LogP contribution in [0.1, 0.15) is 33.5 Å². The summed E-state index contributed by atoms with van der Waals surface area (Å²) in [4.78, 5) is 2.77. The molecule has 0 bridgehead atoms. The van der Waals surface area contributed by atoms with E-state index in [0.717, 1.165) is 11.4 Å². The van der Waals surface area contributed by atoms with Crippen LogP contribution < -0.4 is 5.73 Å². The summed E-state index contributed by atoms with van der Waals surface area (Å²) < 4.78 is 1.94. The molecule has 21 heavy (non-hydrogen) atoms. The summed E-state index contributed by atoms with van der Waals surface area (Å²) in [6, 6.07) is 14.4. The number of hydrogen-bond donors (Lipinski definition) is 1. The van der Waals surface area contributed by atoms with Crippen LogP contribution in [0.4, 0.5) is 0 Å². The lowest BCUT2D eigenvalue weighted by molar-refractivity contribution is 0.747. The molecule has 0 saturated carbocycles. The molecular weight excluding hydrogens is 278 g/mol. The summed E-state index contributed by atoms with van der Waals surface area (Å²) in [6.07, 6.45) is 5.53. The average molecular weight is 295 g/mol. The third kappa shape index (κ3) is 2.20. The zero-order chi connectivity index (χ0) is 14.2. The summed E-state index contributed by atoms with van der Waals surface area (Å²) >= 11 is 1.87. The van der Waals surface area contributed by atoms with Gasteiger partial charge in [0.2, 0.25) is 0 Å². The number of thiophene rings is 1. The van der Waals surface area contributed by atoms with Crippen LogP contribution in [0.3, 0.4) is 0 Å². The van der Waals surface area contributed by atoms with E-state index in [1.807, 2.05) is 46.5 Å². The molecule has 0 aliphatic heterocycles. The minimum absolute atomic E-state index is 0.108. The predicted molar refractivity (Wildman–Crippen MR) is 85.9 cm³/mol. The SMILES string of the molecule is NC(c1cc2c(s1)CCC2)c1ccnn1-c1ccccc1. The van der Waals surface area contributed by atoms with Crippen molar-refractivity contribution in [2.45, 2.75) is 25.3 Å². The van der Waals surface area contributed by atoms with Gasteiger partial charge in [-0.3, -0.25) is 0 Å². The van der Waals surface area contributed by atoms with Crippen molar-refractivity contribution < 1.29 is 0 Å². The summed E-state index contributed by atoms with van der Waals surface area (Å²) in [6.45, 7) is 0. The van der Waals surface area contributed by atoms with Gasteiger partial charge in [-0.2, -0.15) is 5.10 Å². The molecule has 1 aliphatic carbocycles. The van der Waals surface area contributed by atoms with Gasteiger partial charge in [-0.05, 0) is 49.1 Å². The maximum Gasteiger partial charge on any atom is 0.0821 e. The van der Waals surface area contributed by atoms with E-state index in [4.69, 9.17) is 5.73 Å². The normalized spacial score (nSPS) is 15.1. The molecule has 1 aliphatic rings. The van der Waals surface area contributed by atoms with Crippen LogP contribution in [0.25, 0.3) is 5.69 Å². The van der Waals surface area contributed by atoms with Crippen molar-refractivity contribution >= 4 is 11.3 Å². The molecule has 4 rings (SSSR count). The van der Waals surface area contributed by atoms with Crippen LogP contribution in [-0.2, 0) is 12.8 Å². The number of fused-ring (bicyclic) bond motifs is 1. The smallest absolute Gasteiger partial charge is 0.0821 e.